The normalized spacial score (nSPS) is 16.7. The van der Waals surface area contributed by atoms with Crippen LogP contribution < -0.4 is 29.0 Å². The summed E-state index contributed by atoms with van der Waals surface area (Å²) >= 11 is 0. The Labute approximate surface area is 221 Å². The minimum Gasteiger partial charge on any atom is -0.493 e. The molecule has 1 N–H and O–H groups in total. The second-order valence-corrected chi connectivity index (χ2v) is 8.55. The van der Waals surface area contributed by atoms with E-state index in [0.29, 0.717) is 46.3 Å². The van der Waals surface area contributed by atoms with E-state index in [2.05, 4.69) is 5.32 Å². The van der Waals surface area contributed by atoms with Crippen molar-refractivity contribution in [2.24, 2.45) is 0 Å². The van der Waals surface area contributed by atoms with Gasteiger partial charge < -0.3 is 38.5 Å². The summed E-state index contributed by atoms with van der Waals surface area (Å²) in [6, 6.07) is 8.43. The fourth-order valence-corrected chi connectivity index (χ4v) is 4.28. The van der Waals surface area contributed by atoms with Crippen LogP contribution in [-0.4, -0.2) is 66.4 Å². The van der Waals surface area contributed by atoms with Gasteiger partial charge in [-0.25, -0.2) is 4.79 Å². The molecule has 4 rings (SSSR count). The predicted molar refractivity (Wildman–Crippen MR) is 139 cm³/mol. The number of carbonyl (C=O) groups is 2. The lowest BCUT2D eigenvalue weighted by atomic mass is 10.00. The summed E-state index contributed by atoms with van der Waals surface area (Å²) < 4.78 is 38.0. The van der Waals surface area contributed by atoms with E-state index in [1.54, 1.807) is 36.4 Å². The first-order valence-corrected chi connectivity index (χ1v) is 12.1. The van der Waals surface area contributed by atoms with Crippen molar-refractivity contribution in [3.8, 4) is 28.7 Å². The molecule has 1 fully saturated rings. The van der Waals surface area contributed by atoms with E-state index in [-0.39, 0.29) is 31.0 Å². The van der Waals surface area contributed by atoms with Gasteiger partial charge in [0.05, 0.1) is 34.0 Å². The predicted octanol–water partition coefficient (Wildman–Crippen LogP) is 3.38. The van der Waals surface area contributed by atoms with Gasteiger partial charge in [-0.1, -0.05) is 6.07 Å². The van der Waals surface area contributed by atoms with E-state index in [4.69, 9.17) is 33.2 Å². The van der Waals surface area contributed by atoms with Gasteiger partial charge in [-0.05, 0) is 66.9 Å². The molecule has 1 atom stereocenters. The number of hydrogen-bond acceptors (Lipinski definition) is 10. The van der Waals surface area contributed by atoms with E-state index in [9.17, 15) is 9.59 Å². The molecule has 0 bridgehead atoms. The van der Waals surface area contributed by atoms with Crippen molar-refractivity contribution >= 4 is 24.1 Å². The zero-order chi connectivity index (χ0) is 27.1. The lowest BCUT2D eigenvalue weighted by Crippen LogP contribution is -2.33. The molecule has 2 aliphatic heterocycles. The van der Waals surface area contributed by atoms with Crippen LogP contribution in [0.1, 0.15) is 24.0 Å². The Morgan fingerprint density at radius 2 is 1.68 bits per heavy atom. The number of methoxy groups -OCH3 is 4. The molecule has 0 aliphatic carbocycles. The molecule has 0 unspecified atom stereocenters. The van der Waals surface area contributed by atoms with Gasteiger partial charge in [-0.3, -0.25) is 4.79 Å². The topological polar surface area (TPSA) is 111 Å². The number of esters is 2. The highest BCUT2D eigenvalue weighted by Crippen LogP contribution is 2.39. The first-order chi connectivity index (χ1) is 18.5. The first-order valence-electron chi connectivity index (χ1n) is 12.1. The number of benzene rings is 2. The average molecular weight is 526 g/mol. The molecule has 10 nitrogen and oxygen atoms in total. The number of fused-ring (bicyclic) bond motifs is 1. The Morgan fingerprint density at radius 3 is 2.32 bits per heavy atom. The zero-order valence-electron chi connectivity index (χ0n) is 21.8. The van der Waals surface area contributed by atoms with Crippen LogP contribution >= 0.6 is 0 Å². The molecule has 0 aromatic heterocycles. The fourth-order valence-electron chi connectivity index (χ4n) is 4.28. The summed E-state index contributed by atoms with van der Waals surface area (Å²) in [4.78, 5) is 25.7. The summed E-state index contributed by atoms with van der Waals surface area (Å²) in [6.07, 6.45) is 4.97. The van der Waals surface area contributed by atoms with Gasteiger partial charge in [-0.2, -0.15) is 0 Å². The Morgan fingerprint density at radius 1 is 0.947 bits per heavy atom. The molecule has 2 aliphatic rings. The summed E-state index contributed by atoms with van der Waals surface area (Å²) in [5.41, 5.74) is 1.92. The maximum atomic E-state index is 13.1. The van der Waals surface area contributed by atoms with Gasteiger partial charge in [0.25, 0.3) is 0 Å². The maximum absolute atomic E-state index is 13.1. The van der Waals surface area contributed by atoms with Gasteiger partial charge in [0, 0.05) is 5.57 Å². The van der Waals surface area contributed by atoms with E-state index >= 15 is 0 Å². The number of hydrogen-bond donors (Lipinski definition) is 1. The SMILES string of the molecule is COC(=O)C(=C/c1cc(OC)c(OC)c(OC)c1)/C(=C\c1ccc2c(c1)OCO2)COC(=O)[C@@H]1CCCN1. The van der Waals surface area contributed by atoms with Crippen molar-refractivity contribution < 1.29 is 42.7 Å². The van der Waals surface area contributed by atoms with Gasteiger partial charge in [0.15, 0.2) is 23.0 Å². The number of carbonyl (C=O) groups excluding carboxylic acids is 2. The van der Waals surface area contributed by atoms with E-state index in [0.717, 1.165) is 18.5 Å². The summed E-state index contributed by atoms with van der Waals surface area (Å²) in [6.45, 7) is 0.737. The van der Waals surface area contributed by atoms with Crippen molar-refractivity contribution in [1.82, 2.24) is 5.32 Å². The third-order valence-corrected chi connectivity index (χ3v) is 6.20. The van der Waals surface area contributed by atoms with Crippen LogP contribution in [0.5, 0.6) is 28.7 Å². The highest BCUT2D eigenvalue weighted by molar-refractivity contribution is 6.00. The Hall–Kier alpha value is -4.18. The van der Waals surface area contributed by atoms with Crippen LogP contribution in [0.15, 0.2) is 41.5 Å². The van der Waals surface area contributed by atoms with E-state index in [1.165, 1.54) is 28.4 Å². The molecule has 0 amide bonds. The summed E-state index contributed by atoms with van der Waals surface area (Å²) in [7, 11) is 5.81. The highest BCUT2D eigenvalue weighted by atomic mass is 16.7. The quantitative estimate of drug-likeness (QED) is 0.282. The Bertz CT molecular complexity index is 1220. The average Bonchev–Trinajstić information content (AvgIpc) is 3.65. The van der Waals surface area contributed by atoms with Crippen LogP contribution in [-0.2, 0) is 19.1 Å². The number of nitrogens with one attached hydrogen (secondary N) is 1. The lowest BCUT2D eigenvalue weighted by Gasteiger charge is -2.16. The molecule has 1 saturated heterocycles. The van der Waals surface area contributed by atoms with Crippen molar-refractivity contribution in [3.05, 3.63) is 52.6 Å². The Balaban J connectivity index is 1.77. The van der Waals surface area contributed by atoms with Crippen LogP contribution in [0, 0.1) is 0 Å². The van der Waals surface area contributed by atoms with Crippen molar-refractivity contribution in [3.63, 3.8) is 0 Å². The molecular weight excluding hydrogens is 494 g/mol. The van der Waals surface area contributed by atoms with Gasteiger partial charge in [-0.15, -0.1) is 0 Å². The van der Waals surface area contributed by atoms with Gasteiger partial charge >= 0.3 is 11.9 Å². The van der Waals surface area contributed by atoms with Crippen LogP contribution in [0.4, 0.5) is 0 Å². The monoisotopic (exact) mass is 525 g/mol. The molecule has 38 heavy (non-hydrogen) atoms. The standard InChI is InChI=1S/C28H31NO9/c1-32-24-13-18(14-25(33-2)26(24)34-3)11-20(27(30)35-4)19(15-36-28(31)21-6-5-9-29-21)10-17-7-8-22-23(12-17)38-16-37-22/h7-8,10-14,21,29H,5-6,9,15-16H2,1-4H3/b19-10-,20-11+/t21-/m0/s1. The molecule has 0 saturated carbocycles. The van der Waals surface area contributed by atoms with Crippen molar-refractivity contribution in [2.45, 2.75) is 18.9 Å². The lowest BCUT2D eigenvalue weighted by molar-refractivity contribution is -0.145. The maximum Gasteiger partial charge on any atom is 0.338 e. The van der Waals surface area contributed by atoms with Gasteiger partial charge in [0.2, 0.25) is 12.5 Å². The third kappa shape index (κ3) is 6.03. The molecule has 202 valence electrons. The first kappa shape index (κ1) is 26.9. The summed E-state index contributed by atoms with van der Waals surface area (Å²) in [5.74, 6) is 1.48. The third-order valence-electron chi connectivity index (χ3n) is 6.20. The van der Waals surface area contributed by atoms with E-state index < -0.39 is 5.97 Å². The summed E-state index contributed by atoms with van der Waals surface area (Å²) in [5, 5.41) is 3.13. The minimum absolute atomic E-state index is 0.135. The number of ether oxygens (including phenoxy) is 7. The molecule has 0 spiro atoms. The highest BCUT2D eigenvalue weighted by Gasteiger charge is 2.25. The van der Waals surface area contributed by atoms with Crippen molar-refractivity contribution in [2.75, 3.05) is 48.4 Å². The largest absolute Gasteiger partial charge is 0.493 e. The van der Waals surface area contributed by atoms with Crippen LogP contribution in [0.3, 0.4) is 0 Å². The van der Waals surface area contributed by atoms with Crippen LogP contribution in [0.2, 0.25) is 0 Å². The molecule has 10 heteroatoms. The molecule has 0 radical (unpaired) electrons. The molecule has 2 aromatic rings. The molecular formula is C28H31NO9. The Kier molecular flexibility index (Phi) is 8.75. The smallest absolute Gasteiger partial charge is 0.338 e. The second-order valence-electron chi connectivity index (χ2n) is 8.55. The van der Waals surface area contributed by atoms with Crippen LogP contribution in [0.25, 0.3) is 12.2 Å². The van der Waals surface area contributed by atoms with Gasteiger partial charge in [0.1, 0.15) is 12.6 Å². The van der Waals surface area contributed by atoms with Crippen molar-refractivity contribution in [1.29, 1.82) is 0 Å². The fraction of sp³-hybridized carbons (Fsp3) is 0.357. The zero-order valence-corrected chi connectivity index (χ0v) is 21.8. The van der Waals surface area contributed by atoms with E-state index in [1.807, 2.05) is 6.07 Å². The second kappa shape index (κ2) is 12.4. The minimum atomic E-state index is -0.610. The molecule has 2 heterocycles. The number of rotatable bonds is 10. The molecule has 2 aromatic carbocycles.